The lowest BCUT2D eigenvalue weighted by Crippen LogP contribution is -2.29. The van der Waals surface area contributed by atoms with E-state index < -0.39 is 6.03 Å². The van der Waals surface area contributed by atoms with Crippen molar-refractivity contribution in [1.29, 1.82) is 0 Å². The van der Waals surface area contributed by atoms with Gasteiger partial charge >= 0.3 is 6.03 Å². The molecule has 0 saturated carbocycles. The fraction of sp³-hybridized carbons (Fsp3) is 0.300. The molecule has 2 heterocycles. The van der Waals surface area contributed by atoms with Crippen LogP contribution < -0.4 is 11.1 Å². The minimum atomic E-state index is -0.565. The molecule has 0 unspecified atom stereocenters. The molecular weight excluding hydrogens is 206 g/mol. The summed E-state index contributed by atoms with van der Waals surface area (Å²) in [6.07, 6.45) is 3.81. The second kappa shape index (κ2) is 3.80. The van der Waals surface area contributed by atoms with Crippen LogP contribution in [0.1, 0.15) is 17.1 Å². The van der Waals surface area contributed by atoms with Crippen LogP contribution in [0.2, 0.25) is 0 Å². The number of urea groups is 1. The molecule has 2 rings (SSSR count). The lowest BCUT2D eigenvalue weighted by atomic mass is 10.4. The summed E-state index contributed by atoms with van der Waals surface area (Å²) in [4.78, 5) is 19.3. The van der Waals surface area contributed by atoms with E-state index >= 15 is 0 Å². The molecule has 0 radical (unpaired) electrons. The molecule has 0 aliphatic heterocycles. The SMILES string of the molecule is Cc1cn2cc(C)nc2c(CNC(N)=O)n1. The molecule has 0 spiro atoms. The molecule has 0 fully saturated rings. The van der Waals surface area contributed by atoms with Crippen molar-refractivity contribution in [2.45, 2.75) is 20.4 Å². The number of nitrogens with two attached hydrogens (primary N) is 1. The predicted octanol–water partition coefficient (Wildman–Crippen LogP) is 0.514. The van der Waals surface area contributed by atoms with E-state index in [0.29, 0.717) is 5.69 Å². The van der Waals surface area contributed by atoms with Crippen LogP contribution in [0.3, 0.4) is 0 Å². The highest BCUT2D eigenvalue weighted by Crippen LogP contribution is 2.09. The quantitative estimate of drug-likeness (QED) is 0.771. The van der Waals surface area contributed by atoms with Gasteiger partial charge in [0.05, 0.1) is 17.9 Å². The highest BCUT2D eigenvalue weighted by molar-refractivity contribution is 5.71. The van der Waals surface area contributed by atoms with Gasteiger partial charge in [0.1, 0.15) is 5.69 Å². The van der Waals surface area contributed by atoms with Crippen LogP contribution in [0.5, 0.6) is 0 Å². The van der Waals surface area contributed by atoms with E-state index in [9.17, 15) is 4.79 Å². The van der Waals surface area contributed by atoms with Crippen LogP contribution in [-0.4, -0.2) is 20.4 Å². The van der Waals surface area contributed by atoms with E-state index in [1.165, 1.54) is 0 Å². The van der Waals surface area contributed by atoms with Crippen LogP contribution in [0.15, 0.2) is 12.4 Å². The summed E-state index contributed by atoms with van der Waals surface area (Å²) in [5.74, 6) is 0. The molecule has 2 amide bonds. The van der Waals surface area contributed by atoms with Gasteiger partial charge in [0.25, 0.3) is 0 Å². The zero-order valence-corrected chi connectivity index (χ0v) is 9.19. The van der Waals surface area contributed by atoms with E-state index in [-0.39, 0.29) is 6.54 Å². The third-order valence-electron chi connectivity index (χ3n) is 2.18. The molecule has 2 aromatic heterocycles. The summed E-state index contributed by atoms with van der Waals surface area (Å²) in [6.45, 7) is 4.09. The summed E-state index contributed by atoms with van der Waals surface area (Å²) in [6, 6.07) is -0.565. The van der Waals surface area contributed by atoms with E-state index in [1.54, 1.807) is 0 Å². The van der Waals surface area contributed by atoms with Gasteiger partial charge in [-0.05, 0) is 13.8 Å². The van der Waals surface area contributed by atoms with Crippen molar-refractivity contribution in [3.05, 3.63) is 29.5 Å². The molecule has 3 N–H and O–H groups in total. The second-order valence-corrected chi connectivity index (χ2v) is 3.66. The molecule has 6 heteroatoms. The zero-order valence-electron chi connectivity index (χ0n) is 9.19. The maximum atomic E-state index is 10.7. The van der Waals surface area contributed by atoms with Gasteiger partial charge in [-0.3, -0.25) is 4.98 Å². The first-order valence-corrected chi connectivity index (χ1v) is 4.91. The van der Waals surface area contributed by atoms with Gasteiger partial charge in [-0.2, -0.15) is 0 Å². The van der Waals surface area contributed by atoms with Crippen molar-refractivity contribution in [2.24, 2.45) is 5.73 Å². The zero-order chi connectivity index (χ0) is 11.7. The number of primary amides is 1. The van der Waals surface area contributed by atoms with Crippen molar-refractivity contribution >= 4 is 11.7 Å². The Hall–Kier alpha value is -2.11. The first kappa shape index (κ1) is 10.4. The number of aryl methyl sites for hydroxylation is 2. The molecule has 0 saturated heterocycles. The smallest absolute Gasteiger partial charge is 0.312 e. The number of nitrogens with one attached hydrogen (secondary N) is 1. The topological polar surface area (TPSA) is 85.3 Å². The summed E-state index contributed by atoms with van der Waals surface area (Å²) in [5.41, 5.74) is 8.26. The van der Waals surface area contributed by atoms with Crippen LogP contribution in [-0.2, 0) is 6.54 Å². The average Bonchev–Trinajstić information content (AvgIpc) is 2.54. The van der Waals surface area contributed by atoms with E-state index in [2.05, 4.69) is 15.3 Å². The summed E-state index contributed by atoms with van der Waals surface area (Å²) in [5, 5.41) is 2.51. The minimum Gasteiger partial charge on any atom is -0.352 e. The molecule has 0 aliphatic carbocycles. The standard InChI is InChI=1S/C10H13N5O/c1-6-4-15-5-7(2)14-9(15)8(13-6)3-12-10(11)16/h4-5H,3H2,1-2H3,(H3,11,12,16). The van der Waals surface area contributed by atoms with Gasteiger partial charge in [-0.15, -0.1) is 0 Å². The van der Waals surface area contributed by atoms with Crippen LogP contribution in [0.4, 0.5) is 4.79 Å². The first-order chi connectivity index (χ1) is 7.56. The van der Waals surface area contributed by atoms with Crippen molar-refractivity contribution in [2.75, 3.05) is 0 Å². The Bertz CT molecular complexity index is 545. The summed E-state index contributed by atoms with van der Waals surface area (Å²) in [7, 11) is 0. The molecule has 16 heavy (non-hydrogen) atoms. The monoisotopic (exact) mass is 219 g/mol. The number of hydrogen-bond donors (Lipinski definition) is 2. The van der Waals surface area contributed by atoms with E-state index in [1.807, 2.05) is 30.6 Å². The summed E-state index contributed by atoms with van der Waals surface area (Å²) < 4.78 is 1.90. The van der Waals surface area contributed by atoms with E-state index in [0.717, 1.165) is 17.0 Å². The highest BCUT2D eigenvalue weighted by Gasteiger charge is 2.07. The molecule has 6 nitrogen and oxygen atoms in total. The van der Waals surface area contributed by atoms with Crippen LogP contribution in [0, 0.1) is 13.8 Å². The maximum Gasteiger partial charge on any atom is 0.312 e. The molecule has 2 aromatic rings. The molecule has 0 atom stereocenters. The number of hydrogen-bond acceptors (Lipinski definition) is 3. The fourth-order valence-electron chi connectivity index (χ4n) is 1.61. The number of fused-ring (bicyclic) bond motifs is 1. The number of rotatable bonds is 2. The first-order valence-electron chi connectivity index (χ1n) is 4.91. The van der Waals surface area contributed by atoms with Gasteiger partial charge in [0.2, 0.25) is 0 Å². The number of aromatic nitrogens is 3. The molecule has 0 aliphatic rings. The minimum absolute atomic E-state index is 0.289. The molecular formula is C10H13N5O. The van der Waals surface area contributed by atoms with Gasteiger partial charge in [-0.25, -0.2) is 9.78 Å². The van der Waals surface area contributed by atoms with E-state index in [4.69, 9.17) is 5.73 Å². The van der Waals surface area contributed by atoms with Crippen LogP contribution in [0.25, 0.3) is 5.65 Å². The number of carbonyl (C=O) groups is 1. The lowest BCUT2D eigenvalue weighted by Gasteiger charge is -2.04. The third kappa shape index (κ3) is 1.95. The van der Waals surface area contributed by atoms with Gasteiger partial charge in [-0.1, -0.05) is 0 Å². The molecule has 84 valence electrons. The largest absolute Gasteiger partial charge is 0.352 e. The molecule has 0 aromatic carbocycles. The van der Waals surface area contributed by atoms with Crippen molar-refractivity contribution in [3.63, 3.8) is 0 Å². The Labute approximate surface area is 92.5 Å². The Morgan fingerprint density at radius 1 is 1.38 bits per heavy atom. The lowest BCUT2D eigenvalue weighted by molar-refractivity contribution is 0.248. The highest BCUT2D eigenvalue weighted by atomic mass is 16.2. The Morgan fingerprint density at radius 2 is 2.00 bits per heavy atom. The second-order valence-electron chi connectivity index (χ2n) is 3.66. The van der Waals surface area contributed by atoms with Crippen molar-refractivity contribution in [1.82, 2.24) is 19.7 Å². The third-order valence-corrected chi connectivity index (χ3v) is 2.18. The van der Waals surface area contributed by atoms with Crippen molar-refractivity contribution in [3.8, 4) is 0 Å². The number of nitrogens with zero attached hydrogens (tertiary/aromatic N) is 3. The Balaban J connectivity index is 2.45. The number of imidazole rings is 1. The van der Waals surface area contributed by atoms with Gasteiger partial charge in [0, 0.05) is 12.4 Å². The Morgan fingerprint density at radius 3 is 2.62 bits per heavy atom. The Kier molecular flexibility index (Phi) is 2.47. The molecule has 0 bridgehead atoms. The van der Waals surface area contributed by atoms with Gasteiger partial charge < -0.3 is 15.5 Å². The van der Waals surface area contributed by atoms with Gasteiger partial charge in [0.15, 0.2) is 5.65 Å². The average molecular weight is 219 g/mol. The number of carbonyl (C=O) groups excluding carboxylic acids is 1. The summed E-state index contributed by atoms with van der Waals surface area (Å²) >= 11 is 0. The normalized spacial score (nSPS) is 10.6. The predicted molar refractivity (Wildman–Crippen MR) is 58.9 cm³/mol. The fourth-order valence-corrected chi connectivity index (χ4v) is 1.61. The van der Waals surface area contributed by atoms with Crippen LogP contribution >= 0.6 is 0 Å². The number of amides is 2. The van der Waals surface area contributed by atoms with Crippen molar-refractivity contribution < 1.29 is 4.79 Å². The maximum absolute atomic E-state index is 10.7.